The predicted molar refractivity (Wildman–Crippen MR) is 130 cm³/mol. The van der Waals surface area contributed by atoms with Crippen LogP contribution in [0.1, 0.15) is 0 Å². The van der Waals surface area contributed by atoms with E-state index in [-0.39, 0.29) is 6.61 Å². The van der Waals surface area contributed by atoms with Gasteiger partial charge in [-0.2, -0.15) is 0 Å². The van der Waals surface area contributed by atoms with Gasteiger partial charge >= 0.3 is 5.97 Å². The van der Waals surface area contributed by atoms with E-state index >= 15 is 0 Å². The summed E-state index contributed by atoms with van der Waals surface area (Å²) in [6.45, 7) is -0.755. The minimum atomic E-state index is -0.649. The van der Waals surface area contributed by atoms with E-state index in [0.717, 1.165) is 16.7 Å². The molecule has 0 saturated carbocycles. The van der Waals surface area contributed by atoms with Crippen molar-refractivity contribution in [1.82, 2.24) is 4.98 Å². The Bertz CT molecular complexity index is 1260. The van der Waals surface area contributed by atoms with Crippen molar-refractivity contribution in [2.45, 2.75) is 0 Å². The number of halogens is 1. The molecule has 1 heterocycles. The fourth-order valence-electron chi connectivity index (χ4n) is 3.05. The highest BCUT2D eigenvalue weighted by Gasteiger charge is 2.13. The number of anilines is 1. The first-order valence-corrected chi connectivity index (χ1v) is 11.3. The number of amides is 1. The van der Waals surface area contributed by atoms with Crippen molar-refractivity contribution in [2.75, 3.05) is 18.5 Å². The Morgan fingerprint density at radius 1 is 0.879 bits per heavy atom. The summed E-state index contributed by atoms with van der Waals surface area (Å²) in [7, 11) is 0. The minimum absolute atomic E-state index is 0.314. The van der Waals surface area contributed by atoms with Crippen molar-refractivity contribution >= 4 is 39.9 Å². The Hall–Kier alpha value is -3.68. The van der Waals surface area contributed by atoms with E-state index in [0.29, 0.717) is 21.6 Å². The van der Waals surface area contributed by atoms with Crippen molar-refractivity contribution in [2.24, 2.45) is 0 Å². The average Bonchev–Trinajstić information content (AvgIpc) is 3.30. The molecule has 0 aliphatic rings. The number of nitrogens with zero attached hydrogens (tertiary/aromatic N) is 1. The highest BCUT2D eigenvalue weighted by atomic mass is 35.5. The van der Waals surface area contributed by atoms with Crippen molar-refractivity contribution in [1.29, 1.82) is 0 Å². The molecule has 0 bridgehead atoms. The summed E-state index contributed by atoms with van der Waals surface area (Å²) in [5.41, 5.74) is 3.26. The van der Waals surface area contributed by atoms with Gasteiger partial charge in [-0.1, -0.05) is 78.3 Å². The average molecular weight is 479 g/mol. The van der Waals surface area contributed by atoms with Gasteiger partial charge in [-0.15, -0.1) is 11.3 Å². The topological polar surface area (TPSA) is 77.5 Å². The van der Waals surface area contributed by atoms with Gasteiger partial charge in [0.1, 0.15) is 5.75 Å². The lowest BCUT2D eigenvalue weighted by molar-refractivity contribution is -0.149. The zero-order valence-electron chi connectivity index (χ0n) is 17.4. The minimum Gasteiger partial charge on any atom is -0.481 e. The van der Waals surface area contributed by atoms with Gasteiger partial charge in [0.15, 0.2) is 18.3 Å². The van der Waals surface area contributed by atoms with Crippen LogP contribution in [0.4, 0.5) is 5.13 Å². The first-order valence-electron chi connectivity index (χ1n) is 10.0. The molecule has 0 fully saturated rings. The second kappa shape index (κ2) is 10.8. The molecule has 0 radical (unpaired) electrons. The molecule has 0 saturated heterocycles. The van der Waals surface area contributed by atoms with Gasteiger partial charge in [0, 0.05) is 21.5 Å². The predicted octanol–water partition coefficient (Wildman–Crippen LogP) is 5.69. The molecule has 0 atom stereocenters. The van der Waals surface area contributed by atoms with Crippen LogP contribution < -0.4 is 10.1 Å². The number of hydrogen-bond donors (Lipinski definition) is 1. The third-order valence-corrected chi connectivity index (χ3v) is 5.67. The van der Waals surface area contributed by atoms with Crippen LogP contribution in [-0.2, 0) is 14.3 Å². The van der Waals surface area contributed by atoms with Crippen LogP contribution in [0.25, 0.3) is 22.4 Å². The zero-order valence-corrected chi connectivity index (χ0v) is 18.9. The van der Waals surface area contributed by atoms with Crippen molar-refractivity contribution in [3.63, 3.8) is 0 Å². The highest BCUT2D eigenvalue weighted by Crippen LogP contribution is 2.31. The molecule has 3 aromatic carbocycles. The number of carbonyl (C=O) groups excluding carboxylic acids is 2. The van der Waals surface area contributed by atoms with Crippen LogP contribution in [0.2, 0.25) is 5.02 Å². The Kier molecular flexibility index (Phi) is 7.34. The molecule has 1 amide bonds. The van der Waals surface area contributed by atoms with Gasteiger partial charge in [0.2, 0.25) is 0 Å². The smallest absolute Gasteiger partial charge is 0.344 e. The Morgan fingerprint density at radius 2 is 1.58 bits per heavy atom. The van der Waals surface area contributed by atoms with Gasteiger partial charge < -0.3 is 9.47 Å². The van der Waals surface area contributed by atoms with Gasteiger partial charge in [-0.05, 0) is 17.7 Å². The maximum absolute atomic E-state index is 12.2. The number of thiazole rings is 1. The SMILES string of the molecule is O=C(COC(=O)COc1ccccc1-c1ccccc1)Nc1nc(-c2ccccc2Cl)cs1. The van der Waals surface area contributed by atoms with E-state index in [4.69, 9.17) is 21.1 Å². The fourth-order valence-corrected chi connectivity index (χ4v) is 4.01. The molecule has 33 heavy (non-hydrogen) atoms. The molecular formula is C25H19ClN2O4S. The summed E-state index contributed by atoms with van der Waals surface area (Å²) in [5.74, 6) is -0.586. The Labute approximate surface area is 199 Å². The number of carbonyl (C=O) groups is 2. The molecule has 4 rings (SSSR count). The maximum atomic E-state index is 12.2. The first kappa shape index (κ1) is 22.5. The molecule has 0 spiro atoms. The third kappa shape index (κ3) is 5.97. The van der Waals surface area contributed by atoms with Crippen LogP contribution >= 0.6 is 22.9 Å². The zero-order chi connectivity index (χ0) is 23.0. The van der Waals surface area contributed by atoms with Gasteiger partial charge in [0.05, 0.1) is 5.69 Å². The first-order chi connectivity index (χ1) is 16.1. The molecule has 4 aromatic rings. The summed E-state index contributed by atoms with van der Waals surface area (Å²) < 4.78 is 10.7. The standard InChI is InChI=1S/C25H19ClN2O4S/c26-20-12-6-4-11-19(20)21-16-33-25(27-21)28-23(29)14-32-24(30)15-31-22-13-7-5-10-18(22)17-8-2-1-3-9-17/h1-13,16H,14-15H2,(H,27,28,29). The third-order valence-electron chi connectivity index (χ3n) is 4.58. The number of nitrogens with one attached hydrogen (secondary N) is 1. The summed E-state index contributed by atoms with van der Waals surface area (Å²) >= 11 is 7.44. The fraction of sp³-hybridized carbons (Fsp3) is 0.0800. The number of para-hydroxylation sites is 1. The van der Waals surface area contributed by atoms with Crippen LogP contribution in [0.5, 0.6) is 5.75 Å². The van der Waals surface area contributed by atoms with Crippen LogP contribution in [-0.4, -0.2) is 30.1 Å². The van der Waals surface area contributed by atoms with Crippen molar-refractivity contribution in [3.8, 4) is 28.1 Å². The number of rotatable bonds is 8. The maximum Gasteiger partial charge on any atom is 0.344 e. The van der Waals surface area contributed by atoms with Crippen LogP contribution in [0, 0.1) is 0 Å². The molecule has 6 nitrogen and oxygen atoms in total. The lowest BCUT2D eigenvalue weighted by Crippen LogP contribution is -2.23. The lowest BCUT2D eigenvalue weighted by atomic mass is 10.1. The normalized spacial score (nSPS) is 10.5. The number of aromatic nitrogens is 1. The van der Waals surface area contributed by atoms with E-state index in [1.807, 2.05) is 66.7 Å². The van der Waals surface area contributed by atoms with Crippen molar-refractivity contribution < 1.29 is 19.1 Å². The molecule has 166 valence electrons. The number of benzene rings is 3. The molecule has 0 aliphatic heterocycles. The summed E-state index contributed by atoms with van der Waals surface area (Å²) in [6, 6.07) is 24.4. The number of ether oxygens (including phenoxy) is 2. The largest absolute Gasteiger partial charge is 0.481 e. The monoisotopic (exact) mass is 478 g/mol. The van der Waals surface area contributed by atoms with E-state index in [2.05, 4.69) is 10.3 Å². The van der Waals surface area contributed by atoms with Gasteiger partial charge in [-0.25, -0.2) is 9.78 Å². The highest BCUT2D eigenvalue weighted by molar-refractivity contribution is 7.14. The molecule has 1 N–H and O–H groups in total. The molecule has 0 aliphatic carbocycles. The van der Waals surface area contributed by atoms with Crippen molar-refractivity contribution in [3.05, 3.63) is 89.3 Å². The lowest BCUT2D eigenvalue weighted by Gasteiger charge is -2.11. The number of hydrogen-bond acceptors (Lipinski definition) is 6. The summed E-state index contributed by atoms with van der Waals surface area (Å²) in [4.78, 5) is 28.6. The van der Waals surface area contributed by atoms with Crippen LogP contribution in [0.15, 0.2) is 84.2 Å². The van der Waals surface area contributed by atoms with E-state index < -0.39 is 18.5 Å². The molecular weight excluding hydrogens is 460 g/mol. The summed E-state index contributed by atoms with van der Waals surface area (Å²) in [6.07, 6.45) is 0. The molecule has 1 aromatic heterocycles. The summed E-state index contributed by atoms with van der Waals surface area (Å²) in [5, 5.41) is 5.37. The second-order valence-electron chi connectivity index (χ2n) is 6.88. The second-order valence-corrected chi connectivity index (χ2v) is 8.14. The van der Waals surface area contributed by atoms with E-state index in [9.17, 15) is 9.59 Å². The van der Waals surface area contributed by atoms with Gasteiger partial charge in [-0.3, -0.25) is 10.1 Å². The quantitative estimate of drug-likeness (QED) is 0.329. The molecule has 8 heteroatoms. The van der Waals surface area contributed by atoms with E-state index in [1.165, 1.54) is 11.3 Å². The van der Waals surface area contributed by atoms with Crippen LogP contribution in [0.3, 0.4) is 0 Å². The van der Waals surface area contributed by atoms with Gasteiger partial charge in [0.25, 0.3) is 5.91 Å². The number of esters is 1. The Balaban J connectivity index is 1.27. The molecule has 0 unspecified atom stereocenters. The Morgan fingerprint density at radius 3 is 2.36 bits per heavy atom. The van der Waals surface area contributed by atoms with E-state index in [1.54, 1.807) is 17.5 Å².